The molecule has 0 spiro atoms. The summed E-state index contributed by atoms with van der Waals surface area (Å²) in [6.07, 6.45) is 0. The average molecular weight is 363 g/mol. The van der Waals surface area contributed by atoms with Crippen LogP contribution in [0.5, 0.6) is 5.75 Å². The van der Waals surface area contributed by atoms with E-state index in [2.05, 4.69) is 27.8 Å². The van der Waals surface area contributed by atoms with Crippen LogP contribution in [-0.2, 0) is 9.53 Å². The zero-order valence-electron chi connectivity index (χ0n) is 11.2. The number of ether oxygens (including phenoxy) is 2. The summed E-state index contributed by atoms with van der Waals surface area (Å²) >= 11 is 9.13. The summed E-state index contributed by atoms with van der Waals surface area (Å²) in [6.45, 7) is 6.94. The summed E-state index contributed by atoms with van der Waals surface area (Å²) in [4.78, 5) is 11.5. The minimum Gasteiger partial charge on any atom is -0.483 e. The number of rotatable bonds is 8. The van der Waals surface area contributed by atoms with Crippen molar-refractivity contribution in [2.45, 2.75) is 6.92 Å². The van der Waals surface area contributed by atoms with Crippen molar-refractivity contribution >= 4 is 33.4 Å². The van der Waals surface area contributed by atoms with Crippen molar-refractivity contribution in [1.29, 1.82) is 0 Å². The van der Waals surface area contributed by atoms with Gasteiger partial charge in [0.25, 0.3) is 5.91 Å². The molecule has 110 valence electrons. The number of carbonyl (C=O) groups excluding carboxylic acids is 1. The van der Waals surface area contributed by atoms with E-state index in [4.69, 9.17) is 21.1 Å². The Labute approximate surface area is 132 Å². The highest BCUT2D eigenvalue weighted by atomic mass is 79.9. The first kappa shape index (κ1) is 17.0. The Kier molecular flexibility index (Phi) is 7.65. The van der Waals surface area contributed by atoms with Gasteiger partial charge in [0, 0.05) is 11.6 Å². The Balaban J connectivity index is 2.21. The van der Waals surface area contributed by atoms with Gasteiger partial charge in [-0.15, -0.1) is 0 Å². The third-order valence-electron chi connectivity index (χ3n) is 2.17. The van der Waals surface area contributed by atoms with Crippen LogP contribution in [0.25, 0.3) is 0 Å². The van der Waals surface area contributed by atoms with Crippen molar-refractivity contribution in [1.82, 2.24) is 5.32 Å². The smallest absolute Gasteiger partial charge is 0.258 e. The zero-order chi connectivity index (χ0) is 15.0. The molecule has 0 aliphatic heterocycles. The number of carbonyl (C=O) groups is 1. The summed E-state index contributed by atoms with van der Waals surface area (Å²) in [7, 11) is 0. The lowest BCUT2D eigenvalue weighted by molar-refractivity contribution is -0.123. The highest BCUT2D eigenvalue weighted by Crippen LogP contribution is 2.27. The third kappa shape index (κ3) is 6.93. The largest absolute Gasteiger partial charge is 0.483 e. The van der Waals surface area contributed by atoms with Gasteiger partial charge in [-0.1, -0.05) is 23.8 Å². The Morgan fingerprint density at radius 2 is 2.20 bits per heavy atom. The molecule has 0 aromatic heterocycles. The van der Waals surface area contributed by atoms with E-state index in [1.54, 1.807) is 18.2 Å². The van der Waals surface area contributed by atoms with Crippen molar-refractivity contribution in [3.8, 4) is 5.75 Å². The second-order valence-corrected chi connectivity index (χ2v) is 5.51. The van der Waals surface area contributed by atoms with Crippen molar-refractivity contribution in [3.63, 3.8) is 0 Å². The Hall–Kier alpha value is -1.04. The van der Waals surface area contributed by atoms with Gasteiger partial charge in [0.1, 0.15) is 5.75 Å². The van der Waals surface area contributed by atoms with Crippen LogP contribution in [0.15, 0.2) is 34.8 Å². The van der Waals surface area contributed by atoms with Crippen LogP contribution < -0.4 is 10.1 Å². The Bertz CT molecular complexity index is 479. The van der Waals surface area contributed by atoms with E-state index < -0.39 is 0 Å². The van der Waals surface area contributed by atoms with Crippen molar-refractivity contribution in [3.05, 3.63) is 39.8 Å². The molecule has 0 unspecified atom stereocenters. The maximum Gasteiger partial charge on any atom is 0.258 e. The summed E-state index contributed by atoms with van der Waals surface area (Å²) < 4.78 is 11.4. The van der Waals surface area contributed by atoms with E-state index in [0.717, 1.165) is 5.57 Å². The minimum absolute atomic E-state index is 0.0548. The predicted octanol–water partition coefficient (Wildman–Crippen LogP) is 3.19. The molecule has 0 aliphatic rings. The summed E-state index contributed by atoms with van der Waals surface area (Å²) in [5.41, 5.74) is 0.951. The van der Waals surface area contributed by atoms with E-state index >= 15 is 0 Å². The van der Waals surface area contributed by atoms with Gasteiger partial charge in [0.2, 0.25) is 0 Å². The topological polar surface area (TPSA) is 47.6 Å². The summed E-state index contributed by atoms with van der Waals surface area (Å²) in [6, 6.07) is 5.11. The lowest BCUT2D eigenvalue weighted by Gasteiger charge is -2.09. The van der Waals surface area contributed by atoms with E-state index in [-0.39, 0.29) is 12.5 Å². The molecular weight excluding hydrogens is 346 g/mol. The first-order valence-corrected chi connectivity index (χ1v) is 7.23. The van der Waals surface area contributed by atoms with Gasteiger partial charge in [0.15, 0.2) is 6.61 Å². The van der Waals surface area contributed by atoms with Crippen LogP contribution >= 0.6 is 27.5 Å². The molecule has 6 heteroatoms. The SMILES string of the molecule is C=C(C)COCCNC(=O)COc1ccc(Cl)cc1Br. The highest BCUT2D eigenvalue weighted by molar-refractivity contribution is 9.10. The highest BCUT2D eigenvalue weighted by Gasteiger charge is 2.05. The number of hydrogen-bond donors (Lipinski definition) is 1. The standard InChI is InChI=1S/C14H17BrClNO3/c1-10(2)8-19-6-5-17-14(18)9-20-13-4-3-11(16)7-12(13)15/h3-4,7H,1,5-6,8-9H2,2H3,(H,17,18). The maximum atomic E-state index is 11.5. The molecule has 0 saturated carbocycles. The average Bonchev–Trinajstić information content (AvgIpc) is 2.37. The van der Waals surface area contributed by atoms with Crippen LogP contribution in [0.3, 0.4) is 0 Å². The van der Waals surface area contributed by atoms with Gasteiger partial charge in [-0.3, -0.25) is 4.79 Å². The van der Waals surface area contributed by atoms with Gasteiger partial charge in [-0.25, -0.2) is 0 Å². The molecule has 20 heavy (non-hydrogen) atoms. The van der Waals surface area contributed by atoms with E-state index in [9.17, 15) is 4.79 Å². The molecular formula is C14H17BrClNO3. The number of nitrogens with one attached hydrogen (secondary N) is 1. The van der Waals surface area contributed by atoms with E-state index in [0.29, 0.717) is 35.0 Å². The van der Waals surface area contributed by atoms with Crippen molar-refractivity contribution in [2.75, 3.05) is 26.4 Å². The molecule has 1 N–H and O–H groups in total. The second kappa shape index (κ2) is 9.00. The molecule has 0 bridgehead atoms. The molecule has 0 aliphatic carbocycles. The maximum absolute atomic E-state index is 11.5. The fourth-order valence-electron chi connectivity index (χ4n) is 1.30. The van der Waals surface area contributed by atoms with Crippen LogP contribution in [-0.4, -0.2) is 32.3 Å². The van der Waals surface area contributed by atoms with Crippen molar-refractivity contribution < 1.29 is 14.3 Å². The van der Waals surface area contributed by atoms with Gasteiger partial charge in [-0.05, 0) is 41.1 Å². The van der Waals surface area contributed by atoms with Crippen molar-refractivity contribution in [2.24, 2.45) is 0 Å². The van der Waals surface area contributed by atoms with E-state index in [1.807, 2.05) is 6.92 Å². The molecule has 0 saturated heterocycles. The van der Waals surface area contributed by atoms with Crippen LogP contribution in [0.2, 0.25) is 5.02 Å². The Morgan fingerprint density at radius 1 is 1.45 bits per heavy atom. The predicted molar refractivity (Wildman–Crippen MR) is 83.3 cm³/mol. The van der Waals surface area contributed by atoms with Gasteiger partial charge in [0.05, 0.1) is 17.7 Å². The fraction of sp³-hybridized carbons (Fsp3) is 0.357. The molecule has 1 rings (SSSR count). The number of amides is 1. The van der Waals surface area contributed by atoms with Crippen LogP contribution in [0.1, 0.15) is 6.92 Å². The lowest BCUT2D eigenvalue weighted by atomic mass is 10.3. The molecule has 0 heterocycles. The molecule has 0 fully saturated rings. The molecule has 0 radical (unpaired) electrons. The monoisotopic (exact) mass is 361 g/mol. The van der Waals surface area contributed by atoms with Gasteiger partial charge >= 0.3 is 0 Å². The number of hydrogen-bond acceptors (Lipinski definition) is 3. The van der Waals surface area contributed by atoms with Crippen LogP contribution in [0.4, 0.5) is 0 Å². The molecule has 1 aromatic rings. The summed E-state index contributed by atoms with van der Waals surface area (Å²) in [5.74, 6) is 0.369. The number of benzene rings is 1. The van der Waals surface area contributed by atoms with Gasteiger partial charge in [-0.2, -0.15) is 0 Å². The summed E-state index contributed by atoms with van der Waals surface area (Å²) in [5, 5.41) is 3.30. The Morgan fingerprint density at radius 3 is 2.85 bits per heavy atom. The van der Waals surface area contributed by atoms with E-state index in [1.165, 1.54) is 0 Å². The second-order valence-electron chi connectivity index (χ2n) is 4.22. The van der Waals surface area contributed by atoms with Gasteiger partial charge < -0.3 is 14.8 Å². The number of halogens is 2. The van der Waals surface area contributed by atoms with Crippen LogP contribution in [0, 0.1) is 0 Å². The normalized spacial score (nSPS) is 10.2. The fourth-order valence-corrected chi connectivity index (χ4v) is 2.09. The molecule has 1 aromatic carbocycles. The first-order chi connectivity index (χ1) is 9.49. The minimum atomic E-state index is -0.203. The quantitative estimate of drug-likeness (QED) is 0.571. The molecule has 0 atom stereocenters. The lowest BCUT2D eigenvalue weighted by Crippen LogP contribution is -2.31. The first-order valence-electron chi connectivity index (χ1n) is 6.05. The third-order valence-corrected chi connectivity index (χ3v) is 3.02. The molecule has 4 nitrogen and oxygen atoms in total. The zero-order valence-corrected chi connectivity index (χ0v) is 13.6. The molecule has 1 amide bonds.